The van der Waals surface area contributed by atoms with Crippen LogP contribution in [-0.2, 0) is 14.4 Å². The summed E-state index contributed by atoms with van der Waals surface area (Å²) in [6.45, 7) is 1.21. The van der Waals surface area contributed by atoms with E-state index in [2.05, 4.69) is 17.5 Å². The highest BCUT2D eigenvalue weighted by Gasteiger charge is 2.30. The summed E-state index contributed by atoms with van der Waals surface area (Å²) in [7, 11) is 0. The maximum Gasteiger partial charge on any atom is 0.245 e. The molecule has 0 spiro atoms. The fourth-order valence-corrected chi connectivity index (χ4v) is 1.21. The molecular formula is C6H6N2O3S. The summed E-state index contributed by atoms with van der Waals surface area (Å²) in [6, 6.07) is 0. The SMILES string of the molecule is CC(=O)N1C(=O)CC(=O)NC1=S. The number of carbonyl (C=O) groups excluding carboxylic acids is 3. The summed E-state index contributed by atoms with van der Waals surface area (Å²) in [5, 5.41) is 2.08. The molecule has 64 valence electrons. The Morgan fingerprint density at radius 2 is 2.17 bits per heavy atom. The maximum atomic E-state index is 11.0. The molecule has 3 amide bonds. The number of thiocarbonyl (C=S) groups is 1. The van der Waals surface area contributed by atoms with Crippen LogP contribution in [0.25, 0.3) is 0 Å². The van der Waals surface area contributed by atoms with Gasteiger partial charge in [-0.3, -0.25) is 14.4 Å². The molecule has 12 heavy (non-hydrogen) atoms. The van der Waals surface area contributed by atoms with Crippen LogP contribution in [0.5, 0.6) is 0 Å². The van der Waals surface area contributed by atoms with Crippen molar-refractivity contribution in [3.05, 3.63) is 0 Å². The van der Waals surface area contributed by atoms with E-state index >= 15 is 0 Å². The summed E-state index contributed by atoms with van der Waals surface area (Å²) in [4.78, 5) is 33.3. The van der Waals surface area contributed by atoms with Gasteiger partial charge in [-0.25, -0.2) is 4.90 Å². The molecule has 0 aromatic carbocycles. The minimum Gasteiger partial charge on any atom is -0.302 e. The van der Waals surface area contributed by atoms with Gasteiger partial charge in [0.1, 0.15) is 6.42 Å². The number of amides is 3. The normalized spacial score (nSPS) is 17.8. The van der Waals surface area contributed by atoms with E-state index in [9.17, 15) is 14.4 Å². The van der Waals surface area contributed by atoms with Gasteiger partial charge in [0.2, 0.25) is 17.7 Å². The fraction of sp³-hybridized carbons (Fsp3) is 0.333. The molecule has 1 fully saturated rings. The molecule has 0 bridgehead atoms. The number of carbonyl (C=O) groups is 3. The van der Waals surface area contributed by atoms with Gasteiger partial charge in [-0.2, -0.15) is 0 Å². The van der Waals surface area contributed by atoms with Crippen LogP contribution >= 0.6 is 12.2 Å². The van der Waals surface area contributed by atoms with Crippen LogP contribution in [0.3, 0.4) is 0 Å². The molecule has 0 unspecified atom stereocenters. The lowest BCUT2D eigenvalue weighted by molar-refractivity contribution is -0.141. The van der Waals surface area contributed by atoms with Crippen molar-refractivity contribution in [3.63, 3.8) is 0 Å². The molecule has 6 heteroatoms. The Morgan fingerprint density at radius 3 is 2.58 bits per heavy atom. The molecule has 0 saturated carbocycles. The van der Waals surface area contributed by atoms with Gasteiger partial charge in [-0.05, 0) is 12.2 Å². The van der Waals surface area contributed by atoms with Crippen molar-refractivity contribution in [2.45, 2.75) is 13.3 Å². The number of nitrogens with zero attached hydrogens (tertiary/aromatic N) is 1. The number of rotatable bonds is 0. The van der Waals surface area contributed by atoms with Crippen LogP contribution in [0.1, 0.15) is 13.3 Å². The zero-order valence-corrected chi connectivity index (χ0v) is 7.10. The summed E-state index contributed by atoms with van der Waals surface area (Å²) >= 11 is 4.61. The van der Waals surface area contributed by atoms with Crippen molar-refractivity contribution in [1.82, 2.24) is 10.2 Å². The Balaban J connectivity index is 2.88. The van der Waals surface area contributed by atoms with Crippen molar-refractivity contribution in [3.8, 4) is 0 Å². The summed E-state index contributed by atoms with van der Waals surface area (Å²) in [5.74, 6) is -1.52. The molecule has 1 aliphatic rings. The minimum absolute atomic E-state index is 0.135. The number of hydrogen-bond donors (Lipinski definition) is 1. The minimum atomic E-state index is -0.573. The molecule has 0 atom stereocenters. The Bertz CT molecular complexity index is 267. The predicted octanol–water partition coefficient (Wildman–Crippen LogP) is -0.834. The van der Waals surface area contributed by atoms with Crippen LogP contribution in [0.2, 0.25) is 0 Å². The molecule has 1 saturated heterocycles. The van der Waals surface area contributed by atoms with Gasteiger partial charge >= 0.3 is 0 Å². The second-order valence-electron chi connectivity index (χ2n) is 2.28. The Hall–Kier alpha value is -1.30. The van der Waals surface area contributed by atoms with E-state index < -0.39 is 17.7 Å². The van der Waals surface area contributed by atoms with Gasteiger partial charge < -0.3 is 5.32 Å². The molecule has 1 rings (SSSR count). The van der Waals surface area contributed by atoms with Gasteiger partial charge in [0.05, 0.1) is 0 Å². The molecule has 0 aromatic heterocycles. The van der Waals surface area contributed by atoms with E-state index in [1.807, 2.05) is 0 Å². The van der Waals surface area contributed by atoms with Crippen molar-refractivity contribution in [2.24, 2.45) is 0 Å². The Morgan fingerprint density at radius 1 is 1.58 bits per heavy atom. The van der Waals surface area contributed by atoms with E-state index in [0.717, 1.165) is 4.90 Å². The number of imide groups is 1. The number of hydrogen-bond acceptors (Lipinski definition) is 4. The second kappa shape index (κ2) is 2.98. The second-order valence-corrected chi connectivity index (χ2v) is 2.66. The molecule has 0 aromatic rings. The van der Waals surface area contributed by atoms with Crippen LogP contribution < -0.4 is 5.32 Å². The Labute approximate surface area is 73.7 Å². The lowest BCUT2D eigenvalue weighted by atomic mass is 10.3. The highest BCUT2D eigenvalue weighted by Crippen LogP contribution is 2.02. The van der Waals surface area contributed by atoms with Crippen molar-refractivity contribution < 1.29 is 14.4 Å². The Kier molecular flexibility index (Phi) is 2.18. The third-order valence-electron chi connectivity index (χ3n) is 1.33. The van der Waals surface area contributed by atoms with Crippen LogP contribution in [0.15, 0.2) is 0 Å². The molecule has 1 heterocycles. The zero-order valence-electron chi connectivity index (χ0n) is 6.29. The first kappa shape index (κ1) is 8.79. The molecule has 5 nitrogen and oxygen atoms in total. The molecular weight excluding hydrogens is 180 g/mol. The van der Waals surface area contributed by atoms with Crippen molar-refractivity contribution >= 4 is 35.1 Å². The molecule has 0 aliphatic carbocycles. The lowest BCUT2D eigenvalue weighted by Crippen LogP contribution is -2.54. The number of nitrogens with one attached hydrogen (secondary N) is 1. The topological polar surface area (TPSA) is 66.5 Å². The maximum absolute atomic E-state index is 11.0. The summed E-state index contributed by atoms with van der Waals surface area (Å²) < 4.78 is 0. The highest BCUT2D eigenvalue weighted by atomic mass is 32.1. The zero-order chi connectivity index (χ0) is 9.30. The van der Waals surface area contributed by atoms with Crippen molar-refractivity contribution in [1.29, 1.82) is 0 Å². The van der Waals surface area contributed by atoms with Crippen molar-refractivity contribution in [2.75, 3.05) is 0 Å². The third kappa shape index (κ3) is 1.48. The van der Waals surface area contributed by atoms with Gasteiger partial charge in [0.25, 0.3) is 0 Å². The first-order valence-electron chi connectivity index (χ1n) is 3.19. The van der Waals surface area contributed by atoms with Gasteiger partial charge in [0, 0.05) is 6.92 Å². The standard InChI is InChI=1S/C6H6N2O3S/c1-3(9)8-5(11)2-4(10)7-6(8)12/h2H2,1H3,(H,7,10,12). The molecule has 1 N–H and O–H groups in total. The van der Waals surface area contributed by atoms with E-state index in [-0.39, 0.29) is 11.5 Å². The first-order valence-corrected chi connectivity index (χ1v) is 3.60. The van der Waals surface area contributed by atoms with Gasteiger partial charge in [0.15, 0.2) is 5.11 Å². The van der Waals surface area contributed by atoms with Gasteiger partial charge in [-0.15, -0.1) is 0 Å². The van der Waals surface area contributed by atoms with E-state index in [4.69, 9.17) is 0 Å². The first-order chi connectivity index (χ1) is 5.52. The van der Waals surface area contributed by atoms with E-state index in [1.165, 1.54) is 6.92 Å². The lowest BCUT2D eigenvalue weighted by Gasteiger charge is -2.23. The third-order valence-corrected chi connectivity index (χ3v) is 1.61. The van der Waals surface area contributed by atoms with Crippen LogP contribution in [-0.4, -0.2) is 27.7 Å². The molecule has 1 aliphatic heterocycles. The quantitative estimate of drug-likeness (QED) is 0.396. The smallest absolute Gasteiger partial charge is 0.245 e. The monoisotopic (exact) mass is 186 g/mol. The van der Waals surface area contributed by atoms with Crippen LogP contribution in [0.4, 0.5) is 0 Å². The average molecular weight is 186 g/mol. The predicted molar refractivity (Wildman–Crippen MR) is 42.9 cm³/mol. The average Bonchev–Trinajstić information content (AvgIpc) is 1.82. The van der Waals surface area contributed by atoms with Crippen LogP contribution in [0, 0.1) is 0 Å². The van der Waals surface area contributed by atoms with E-state index in [1.54, 1.807) is 0 Å². The summed E-state index contributed by atoms with van der Waals surface area (Å²) in [6.07, 6.45) is -0.320. The van der Waals surface area contributed by atoms with Gasteiger partial charge in [-0.1, -0.05) is 0 Å². The largest absolute Gasteiger partial charge is 0.302 e. The highest BCUT2D eigenvalue weighted by molar-refractivity contribution is 7.80. The fourth-order valence-electron chi connectivity index (χ4n) is 0.868. The van der Waals surface area contributed by atoms with E-state index in [0.29, 0.717) is 0 Å². The summed E-state index contributed by atoms with van der Waals surface area (Å²) in [5.41, 5.74) is 0. The molecule has 0 radical (unpaired) electrons.